The summed E-state index contributed by atoms with van der Waals surface area (Å²) < 4.78 is 14.9. The standard InChI is InChI=1S/3C48H32N2/c1-5-15-33(16-6-1)36-25-28-46-44(32-36)43-27-26-42-41-23-13-14-24-45(41)50(47(42)48(43)49(46)39-21-11-4-12-22-39)40-30-37(34-17-7-2-8-18-34)29-38(31-40)35-19-9-3-10-20-35;1-4-14-33(15-5-1)35-18-12-19-36(30-35)37-20-13-23-40(31-37)50-45-25-11-10-24-41(45)42-27-28-43-44-32-38(34-16-6-2-7-17-34)26-29-46(44)49(48(43)47(42)50)39-21-8-3-9-22-39;1-4-14-33(15-5-1)34-26-28-35(29-27-34)37-18-12-21-39(32-37)50-44-24-11-10-22-41(44)42-30-31-43-46-40(36-16-6-2-7-17-36)23-13-25-45(46)49(48(43)47(42)50)38-19-8-3-9-20-38/h3*1-32H. The molecule has 0 bridgehead atoms. The fraction of sp³-hybridized carbons (Fsp3) is 0. The molecule has 24 aromatic carbocycles. The summed E-state index contributed by atoms with van der Waals surface area (Å²) in [6, 6.07) is 211. The molecular formula is C144H96N6. The molecule has 150 heavy (non-hydrogen) atoms. The Labute approximate surface area is 868 Å². The number of fused-ring (bicyclic) bond motifs is 21. The fourth-order valence-electron chi connectivity index (χ4n) is 23.5. The summed E-state index contributed by atoms with van der Waals surface area (Å²) in [5, 5.41) is 14.9. The van der Waals surface area contributed by atoms with Crippen molar-refractivity contribution in [2.24, 2.45) is 0 Å². The summed E-state index contributed by atoms with van der Waals surface area (Å²) in [6.45, 7) is 0. The van der Waals surface area contributed by atoms with E-state index in [1.165, 1.54) is 231 Å². The number of hydrogen-bond acceptors (Lipinski definition) is 0. The molecule has 0 unspecified atom stereocenters. The van der Waals surface area contributed by atoms with Crippen LogP contribution >= 0.6 is 0 Å². The number of benzene rings is 24. The maximum atomic E-state index is 2.50. The third kappa shape index (κ3) is 15.3. The second-order valence-electron chi connectivity index (χ2n) is 38.9. The molecule has 0 aliphatic carbocycles. The van der Waals surface area contributed by atoms with E-state index in [0.29, 0.717) is 0 Å². The monoisotopic (exact) mass is 1910 g/mol. The van der Waals surface area contributed by atoms with Crippen molar-refractivity contribution in [2.45, 2.75) is 0 Å². The first kappa shape index (κ1) is 87.8. The number of hydrogen-bond donors (Lipinski definition) is 0. The summed E-state index contributed by atoms with van der Waals surface area (Å²) in [6.07, 6.45) is 0. The predicted octanol–water partition coefficient (Wildman–Crippen LogP) is 38.6. The molecule has 6 heteroatoms. The van der Waals surface area contributed by atoms with Crippen molar-refractivity contribution in [1.82, 2.24) is 27.4 Å². The minimum Gasteiger partial charge on any atom is -0.307 e. The average Bonchev–Trinajstić information content (AvgIpc) is 1.55. The predicted molar refractivity (Wildman–Crippen MR) is 634 cm³/mol. The SMILES string of the molecule is c1ccc(-c2cc(-c3ccccc3)cc(-n3c4ccccc4c4ccc5c6cc(-c7ccccc7)ccc6n(-c6ccccc6)c5c43)c2)cc1.c1ccc(-c2ccc(-c3cccc(-n4c5ccccc5c5ccc6c7c(-c8ccccc8)cccc7n(-c7ccccc7)c6c54)c3)cc2)cc1.c1ccc(-c2cccc(-c3cccc(-n4c5ccccc5c5ccc6c7cc(-c8ccccc8)ccc7n(-c7ccccc7)c6c54)c3)c2)cc1. The average molecular weight is 1910 g/mol. The van der Waals surface area contributed by atoms with E-state index in [0.717, 1.165) is 34.1 Å². The summed E-state index contributed by atoms with van der Waals surface area (Å²) >= 11 is 0. The van der Waals surface area contributed by atoms with Gasteiger partial charge in [0.1, 0.15) is 0 Å². The Kier molecular flexibility index (Phi) is 21.9. The Balaban J connectivity index is 0.000000108. The zero-order valence-corrected chi connectivity index (χ0v) is 82.1. The zero-order valence-electron chi connectivity index (χ0n) is 82.1. The molecule has 6 heterocycles. The largest absolute Gasteiger partial charge is 0.307 e. The maximum Gasteiger partial charge on any atom is 0.0789 e. The molecule has 0 fully saturated rings. The van der Waals surface area contributed by atoms with Crippen molar-refractivity contribution in [3.8, 4) is 134 Å². The van der Waals surface area contributed by atoms with Gasteiger partial charge in [0.05, 0.1) is 66.2 Å². The van der Waals surface area contributed by atoms with E-state index in [2.05, 4.69) is 610 Å². The second kappa shape index (κ2) is 37.4. The molecule has 0 N–H and O–H groups in total. The second-order valence-corrected chi connectivity index (χ2v) is 38.9. The molecule has 6 nitrogen and oxygen atoms in total. The lowest BCUT2D eigenvalue weighted by molar-refractivity contribution is 1.15. The molecule has 0 radical (unpaired) electrons. The van der Waals surface area contributed by atoms with Crippen LogP contribution in [-0.4, -0.2) is 27.4 Å². The van der Waals surface area contributed by atoms with Crippen LogP contribution in [0.4, 0.5) is 0 Å². The van der Waals surface area contributed by atoms with E-state index in [4.69, 9.17) is 0 Å². The van der Waals surface area contributed by atoms with Gasteiger partial charge < -0.3 is 27.4 Å². The highest BCUT2D eigenvalue weighted by Crippen LogP contribution is 2.50. The van der Waals surface area contributed by atoms with Crippen molar-refractivity contribution in [1.29, 1.82) is 0 Å². The Hall–Kier alpha value is -19.9. The van der Waals surface area contributed by atoms with Gasteiger partial charge in [-0.25, -0.2) is 0 Å². The van der Waals surface area contributed by atoms with Crippen LogP contribution < -0.4 is 0 Å². The fourth-order valence-corrected chi connectivity index (χ4v) is 23.5. The third-order valence-corrected chi connectivity index (χ3v) is 30.3. The molecule has 0 saturated carbocycles. The lowest BCUT2D eigenvalue weighted by Crippen LogP contribution is -1.99. The molecule has 30 aromatic rings. The van der Waals surface area contributed by atoms with Crippen LogP contribution in [0, 0.1) is 0 Å². The maximum absolute atomic E-state index is 2.50. The van der Waals surface area contributed by atoms with Gasteiger partial charge in [0.25, 0.3) is 0 Å². The lowest BCUT2D eigenvalue weighted by Gasteiger charge is -2.15. The summed E-state index contributed by atoms with van der Waals surface area (Å²) in [7, 11) is 0. The van der Waals surface area contributed by atoms with Crippen molar-refractivity contribution in [3.05, 3.63) is 582 Å². The lowest BCUT2D eigenvalue weighted by atomic mass is 9.98. The molecule has 0 spiro atoms. The van der Waals surface area contributed by atoms with Crippen LogP contribution in [-0.2, 0) is 0 Å². The Morgan fingerprint density at radius 3 is 0.687 bits per heavy atom. The van der Waals surface area contributed by atoms with Gasteiger partial charge in [-0.2, -0.15) is 0 Å². The van der Waals surface area contributed by atoms with Crippen molar-refractivity contribution in [2.75, 3.05) is 0 Å². The van der Waals surface area contributed by atoms with Crippen molar-refractivity contribution in [3.63, 3.8) is 0 Å². The van der Waals surface area contributed by atoms with Gasteiger partial charge in [-0.15, -0.1) is 0 Å². The molecule has 0 amide bonds. The summed E-state index contributed by atoms with van der Waals surface area (Å²) in [5.74, 6) is 0. The van der Waals surface area contributed by atoms with E-state index in [1.807, 2.05) is 0 Å². The van der Waals surface area contributed by atoms with E-state index in [1.54, 1.807) is 0 Å². The number of aromatic nitrogens is 6. The van der Waals surface area contributed by atoms with E-state index >= 15 is 0 Å². The van der Waals surface area contributed by atoms with Gasteiger partial charge in [-0.1, -0.05) is 449 Å². The van der Waals surface area contributed by atoms with Crippen LogP contribution in [0.25, 0.3) is 265 Å². The summed E-state index contributed by atoms with van der Waals surface area (Å²) in [5.41, 5.74) is 43.0. The van der Waals surface area contributed by atoms with Crippen LogP contribution in [0.3, 0.4) is 0 Å². The van der Waals surface area contributed by atoms with Gasteiger partial charge in [-0.3, -0.25) is 0 Å². The molecule has 0 aliphatic heterocycles. The Morgan fingerprint density at radius 1 is 0.0933 bits per heavy atom. The highest BCUT2D eigenvalue weighted by atomic mass is 15.1. The Bertz CT molecular complexity index is 10300. The normalized spacial score (nSPS) is 11.6. The van der Waals surface area contributed by atoms with Gasteiger partial charge in [0.15, 0.2) is 0 Å². The van der Waals surface area contributed by atoms with E-state index in [-0.39, 0.29) is 0 Å². The first-order valence-electron chi connectivity index (χ1n) is 51.6. The van der Waals surface area contributed by atoms with Crippen LogP contribution in [0.5, 0.6) is 0 Å². The first-order chi connectivity index (χ1) is 74.5. The third-order valence-electron chi connectivity index (χ3n) is 30.3. The quantitative estimate of drug-likeness (QED) is 0.0979. The van der Waals surface area contributed by atoms with Gasteiger partial charge >= 0.3 is 0 Å². The number of para-hydroxylation sites is 6. The van der Waals surface area contributed by atoms with Crippen molar-refractivity contribution < 1.29 is 0 Å². The summed E-state index contributed by atoms with van der Waals surface area (Å²) in [4.78, 5) is 0. The van der Waals surface area contributed by atoms with Crippen LogP contribution in [0.2, 0.25) is 0 Å². The minimum atomic E-state index is 1.14. The number of rotatable bonds is 15. The molecule has 6 aromatic heterocycles. The Morgan fingerprint density at radius 2 is 0.300 bits per heavy atom. The molecule has 702 valence electrons. The molecule has 0 aliphatic rings. The molecule has 0 atom stereocenters. The van der Waals surface area contributed by atoms with Crippen LogP contribution in [0.1, 0.15) is 0 Å². The van der Waals surface area contributed by atoms with Crippen molar-refractivity contribution >= 4 is 131 Å². The highest BCUT2D eigenvalue weighted by Gasteiger charge is 2.29. The smallest absolute Gasteiger partial charge is 0.0789 e. The van der Waals surface area contributed by atoms with Gasteiger partial charge in [0, 0.05) is 98.8 Å². The highest BCUT2D eigenvalue weighted by molar-refractivity contribution is 6.29. The van der Waals surface area contributed by atoms with E-state index < -0.39 is 0 Å². The van der Waals surface area contributed by atoms with Gasteiger partial charge in [0.2, 0.25) is 0 Å². The molecule has 30 rings (SSSR count). The topological polar surface area (TPSA) is 29.6 Å². The van der Waals surface area contributed by atoms with E-state index in [9.17, 15) is 0 Å². The molecular weight excluding hydrogens is 1810 g/mol. The first-order valence-corrected chi connectivity index (χ1v) is 51.6. The number of nitrogens with zero attached hydrogens (tertiary/aromatic N) is 6. The minimum absolute atomic E-state index is 1.14. The zero-order chi connectivity index (χ0) is 99.1. The van der Waals surface area contributed by atoms with Gasteiger partial charge in [-0.05, 0) is 234 Å². The van der Waals surface area contributed by atoms with Crippen LogP contribution in [0.15, 0.2) is 582 Å². The molecule has 0 saturated heterocycles.